The van der Waals surface area contributed by atoms with Gasteiger partial charge < -0.3 is 15.0 Å². The van der Waals surface area contributed by atoms with E-state index < -0.39 is 0 Å². The van der Waals surface area contributed by atoms with E-state index in [1.807, 2.05) is 12.5 Å². The first kappa shape index (κ1) is 13.1. The van der Waals surface area contributed by atoms with Gasteiger partial charge in [0.05, 0.1) is 18.1 Å². The number of hydrogen-bond donors (Lipinski definition) is 1. The standard InChI is InChI=1S/C14H24N4O/c1-19-14-4-5-17(12(6-14)7-15)9-13-8-16-10-18(13)11-2-3-11/h8,10-12,14H,2-7,9,15H2,1H3. The fraction of sp³-hybridized carbons (Fsp3) is 0.786. The first-order chi connectivity index (χ1) is 9.31. The van der Waals surface area contributed by atoms with Crippen LogP contribution in [0.5, 0.6) is 0 Å². The lowest BCUT2D eigenvalue weighted by Gasteiger charge is -2.38. The van der Waals surface area contributed by atoms with Crippen LogP contribution in [0.15, 0.2) is 12.5 Å². The summed E-state index contributed by atoms with van der Waals surface area (Å²) in [6, 6.07) is 1.13. The molecule has 0 amide bonds. The van der Waals surface area contributed by atoms with Crippen molar-refractivity contribution in [3.8, 4) is 0 Å². The van der Waals surface area contributed by atoms with E-state index in [4.69, 9.17) is 10.5 Å². The van der Waals surface area contributed by atoms with Crippen LogP contribution in [-0.2, 0) is 11.3 Å². The Morgan fingerprint density at radius 3 is 2.95 bits per heavy atom. The lowest BCUT2D eigenvalue weighted by molar-refractivity contribution is 0.00941. The number of aromatic nitrogens is 2. The zero-order valence-electron chi connectivity index (χ0n) is 11.7. The third-order valence-electron chi connectivity index (χ3n) is 4.45. The van der Waals surface area contributed by atoms with Gasteiger partial charge in [0, 0.05) is 45.0 Å². The minimum absolute atomic E-state index is 0.373. The van der Waals surface area contributed by atoms with E-state index in [1.54, 1.807) is 7.11 Å². The molecule has 0 aromatic carbocycles. The molecule has 1 aromatic heterocycles. The van der Waals surface area contributed by atoms with Crippen molar-refractivity contribution in [3.63, 3.8) is 0 Å². The van der Waals surface area contributed by atoms with Gasteiger partial charge in [-0.1, -0.05) is 0 Å². The highest BCUT2D eigenvalue weighted by Gasteiger charge is 2.30. The van der Waals surface area contributed by atoms with Gasteiger partial charge >= 0.3 is 0 Å². The Labute approximate surface area is 114 Å². The molecule has 5 nitrogen and oxygen atoms in total. The van der Waals surface area contributed by atoms with Gasteiger partial charge in [0.1, 0.15) is 0 Å². The van der Waals surface area contributed by atoms with Crippen LogP contribution < -0.4 is 5.73 Å². The van der Waals surface area contributed by atoms with Crippen LogP contribution in [0.25, 0.3) is 0 Å². The number of likely N-dealkylation sites (tertiary alicyclic amines) is 1. The maximum Gasteiger partial charge on any atom is 0.0951 e. The highest BCUT2D eigenvalue weighted by atomic mass is 16.5. The highest BCUT2D eigenvalue weighted by Crippen LogP contribution is 2.36. The average Bonchev–Trinajstić information content (AvgIpc) is 3.19. The van der Waals surface area contributed by atoms with Crippen LogP contribution >= 0.6 is 0 Å². The van der Waals surface area contributed by atoms with Crippen LogP contribution in [0.3, 0.4) is 0 Å². The maximum atomic E-state index is 5.93. The average molecular weight is 264 g/mol. The Kier molecular flexibility index (Phi) is 3.86. The molecule has 0 bridgehead atoms. The predicted molar refractivity (Wildman–Crippen MR) is 73.8 cm³/mol. The number of imidazole rings is 1. The second-order valence-corrected chi connectivity index (χ2v) is 5.77. The minimum Gasteiger partial charge on any atom is -0.381 e. The molecule has 1 aliphatic carbocycles. The van der Waals surface area contributed by atoms with E-state index >= 15 is 0 Å². The van der Waals surface area contributed by atoms with Crippen molar-refractivity contribution in [2.45, 2.75) is 50.4 Å². The van der Waals surface area contributed by atoms with E-state index in [0.29, 0.717) is 24.7 Å². The Hall–Kier alpha value is -0.910. The summed E-state index contributed by atoms with van der Waals surface area (Å²) in [5.41, 5.74) is 7.26. The fourth-order valence-corrected chi connectivity index (χ4v) is 3.07. The first-order valence-electron chi connectivity index (χ1n) is 7.29. The third-order valence-corrected chi connectivity index (χ3v) is 4.45. The zero-order valence-corrected chi connectivity index (χ0v) is 11.7. The molecule has 1 aliphatic heterocycles. The lowest BCUT2D eigenvalue weighted by Crippen LogP contribution is -2.48. The van der Waals surface area contributed by atoms with Gasteiger partial charge in [-0.25, -0.2) is 4.98 Å². The number of piperidine rings is 1. The summed E-state index contributed by atoms with van der Waals surface area (Å²) in [6.45, 7) is 2.74. The van der Waals surface area contributed by atoms with Crippen LogP contribution in [-0.4, -0.2) is 46.8 Å². The molecule has 1 aromatic rings. The molecule has 106 valence electrons. The Bertz CT molecular complexity index is 415. The molecule has 0 radical (unpaired) electrons. The molecule has 2 unspecified atom stereocenters. The first-order valence-corrected chi connectivity index (χ1v) is 7.29. The number of hydrogen-bond acceptors (Lipinski definition) is 4. The third kappa shape index (κ3) is 2.83. The van der Waals surface area contributed by atoms with Gasteiger partial charge in [0.2, 0.25) is 0 Å². The summed E-state index contributed by atoms with van der Waals surface area (Å²) in [6.07, 6.45) is 9.11. The molecular weight excluding hydrogens is 240 g/mol. The molecule has 2 atom stereocenters. The van der Waals surface area contributed by atoms with Crippen LogP contribution in [0.4, 0.5) is 0 Å². The molecule has 2 aliphatic rings. The predicted octanol–water partition coefficient (Wildman–Crippen LogP) is 1.16. The summed E-state index contributed by atoms with van der Waals surface area (Å²) in [7, 11) is 1.80. The van der Waals surface area contributed by atoms with Crippen molar-refractivity contribution in [2.24, 2.45) is 5.73 Å². The summed E-state index contributed by atoms with van der Waals surface area (Å²) in [4.78, 5) is 6.80. The number of ether oxygens (including phenoxy) is 1. The van der Waals surface area contributed by atoms with Crippen LogP contribution in [0, 0.1) is 0 Å². The van der Waals surface area contributed by atoms with Gasteiger partial charge in [-0.15, -0.1) is 0 Å². The zero-order chi connectivity index (χ0) is 13.2. The quantitative estimate of drug-likeness (QED) is 0.867. The number of rotatable bonds is 5. The molecule has 19 heavy (non-hydrogen) atoms. The second kappa shape index (κ2) is 5.61. The normalized spacial score (nSPS) is 28.7. The van der Waals surface area contributed by atoms with Gasteiger partial charge in [-0.05, 0) is 25.7 Å². The number of nitrogens with zero attached hydrogens (tertiary/aromatic N) is 3. The smallest absolute Gasteiger partial charge is 0.0951 e. The molecule has 5 heteroatoms. The molecule has 2 N–H and O–H groups in total. The summed E-state index contributed by atoms with van der Waals surface area (Å²) < 4.78 is 7.82. The van der Waals surface area contributed by atoms with Crippen molar-refractivity contribution in [3.05, 3.63) is 18.2 Å². The van der Waals surface area contributed by atoms with Crippen molar-refractivity contribution in [1.82, 2.24) is 14.5 Å². The van der Waals surface area contributed by atoms with Crippen molar-refractivity contribution >= 4 is 0 Å². The topological polar surface area (TPSA) is 56.3 Å². The number of nitrogens with two attached hydrogens (primary N) is 1. The largest absolute Gasteiger partial charge is 0.381 e. The summed E-state index contributed by atoms with van der Waals surface area (Å²) in [5, 5.41) is 0. The Morgan fingerprint density at radius 1 is 1.42 bits per heavy atom. The molecule has 1 saturated carbocycles. The van der Waals surface area contributed by atoms with Crippen LogP contribution in [0.2, 0.25) is 0 Å². The van der Waals surface area contributed by atoms with E-state index in [-0.39, 0.29) is 0 Å². The van der Waals surface area contributed by atoms with Gasteiger partial charge in [0.15, 0.2) is 0 Å². The monoisotopic (exact) mass is 264 g/mol. The van der Waals surface area contributed by atoms with Gasteiger partial charge in [-0.3, -0.25) is 4.90 Å². The molecule has 2 heterocycles. The molecule has 1 saturated heterocycles. The highest BCUT2D eigenvalue weighted by molar-refractivity contribution is 5.04. The SMILES string of the molecule is COC1CCN(Cc2cncn2C2CC2)C(CN)C1. The second-order valence-electron chi connectivity index (χ2n) is 5.77. The van der Waals surface area contributed by atoms with Gasteiger partial charge in [0.25, 0.3) is 0 Å². The molecule has 0 spiro atoms. The van der Waals surface area contributed by atoms with E-state index in [2.05, 4.69) is 14.5 Å². The van der Waals surface area contributed by atoms with E-state index in [0.717, 1.165) is 25.9 Å². The number of methoxy groups -OCH3 is 1. The van der Waals surface area contributed by atoms with Gasteiger partial charge in [-0.2, -0.15) is 0 Å². The summed E-state index contributed by atoms with van der Waals surface area (Å²) >= 11 is 0. The Morgan fingerprint density at radius 2 is 2.26 bits per heavy atom. The molecule has 2 fully saturated rings. The fourth-order valence-electron chi connectivity index (χ4n) is 3.07. The molecular formula is C14H24N4O. The van der Waals surface area contributed by atoms with E-state index in [1.165, 1.54) is 18.5 Å². The van der Waals surface area contributed by atoms with Crippen LogP contribution in [0.1, 0.15) is 37.4 Å². The van der Waals surface area contributed by atoms with E-state index in [9.17, 15) is 0 Å². The van der Waals surface area contributed by atoms with Crippen molar-refractivity contribution in [2.75, 3.05) is 20.2 Å². The van der Waals surface area contributed by atoms with Crippen molar-refractivity contribution in [1.29, 1.82) is 0 Å². The lowest BCUT2D eigenvalue weighted by atomic mass is 9.99. The molecule has 3 rings (SSSR count). The summed E-state index contributed by atoms with van der Waals surface area (Å²) in [5.74, 6) is 0. The minimum atomic E-state index is 0.373. The van der Waals surface area contributed by atoms with Crippen molar-refractivity contribution < 1.29 is 4.74 Å². The Balaban J connectivity index is 1.66. The maximum absolute atomic E-state index is 5.93.